The van der Waals surface area contributed by atoms with Crippen molar-refractivity contribution in [3.8, 4) is 0 Å². The second-order valence-corrected chi connectivity index (χ2v) is 3.28. The van der Waals surface area contributed by atoms with Crippen LogP contribution in [0.2, 0.25) is 0 Å². The number of hydrogen-bond donors (Lipinski definition) is 3. The van der Waals surface area contributed by atoms with E-state index >= 15 is 0 Å². The highest BCUT2D eigenvalue weighted by Crippen LogP contribution is 2.07. The molecule has 1 unspecified atom stereocenters. The topological polar surface area (TPSA) is 102 Å². The van der Waals surface area contributed by atoms with E-state index in [4.69, 9.17) is 5.73 Å². The summed E-state index contributed by atoms with van der Waals surface area (Å²) in [6.07, 6.45) is 2.97. The van der Waals surface area contributed by atoms with E-state index in [1.807, 2.05) is 0 Å². The largest absolute Gasteiger partial charge is 0.396 e. The van der Waals surface area contributed by atoms with Crippen LogP contribution in [-0.2, 0) is 4.79 Å². The average Bonchev–Trinajstić information content (AvgIpc) is 2.64. The number of nitrogens with one attached hydrogen (secondary N) is 2. The molecule has 16 heavy (non-hydrogen) atoms. The van der Waals surface area contributed by atoms with E-state index in [2.05, 4.69) is 15.7 Å². The molecule has 1 atom stereocenters. The normalized spacial score (nSPS) is 11.9. The molecule has 3 amide bonds. The molecule has 1 aromatic heterocycles. The van der Waals surface area contributed by atoms with Gasteiger partial charge in [-0.3, -0.25) is 14.8 Å². The van der Waals surface area contributed by atoms with Gasteiger partial charge in [0, 0.05) is 12.7 Å². The molecule has 0 saturated carbocycles. The summed E-state index contributed by atoms with van der Waals surface area (Å²) in [6, 6.07) is -1.10. The maximum atomic E-state index is 11.6. The van der Waals surface area contributed by atoms with Crippen LogP contribution in [0.4, 0.5) is 10.5 Å². The lowest BCUT2D eigenvalue weighted by molar-refractivity contribution is -0.123. The Morgan fingerprint density at radius 3 is 2.81 bits per heavy atom. The monoisotopic (exact) mass is 225 g/mol. The molecule has 0 bridgehead atoms. The fourth-order valence-corrected chi connectivity index (χ4v) is 1.11. The summed E-state index contributed by atoms with van der Waals surface area (Å²) in [4.78, 5) is 22.7. The van der Waals surface area contributed by atoms with Crippen LogP contribution < -0.4 is 16.4 Å². The van der Waals surface area contributed by atoms with Crippen molar-refractivity contribution in [1.29, 1.82) is 0 Å². The summed E-state index contributed by atoms with van der Waals surface area (Å²) in [5.74, 6) is -0.436. The van der Waals surface area contributed by atoms with Gasteiger partial charge in [-0.25, -0.2) is 4.79 Å². The molecule has 7 nitrogen and oxygen atoms in total. The predicted molar refractivity (Wildman–Crippen MR) is 58.6 cm³/mol. The molecule has 0 spiro atoms. The fraction of sp³-hybridized carbons (Fsp3) is 0.444. The highest BCUT2D eigenvalue weighted by molar-refractivity contribution is 5.95. The van der Waals surface area contributed by atoms with Gasteiger partial charge in [0.25, 0.3) is 5.91 Å². The van der Waals surface area contributed by atoms with Gasteiger partial charge >= 0.3 is 6.03 Å². The molecular weight excluding hydrogens is 210 g/mol. The Labute approximate surface area is 93.0 Å². The maximum Gasteiger partial charge on any atom is 0.321 e. The van der Waals surface area contributed by atoms with E-state index in [-0.39, 0.29) is 0 Å². The van der Waals surface area contributed by atoms with Crippen LogP contribution in [-0.4, -0.2) is 28.3 Å². The Kier molecular flexibility index (Phi) is 3.87. The van der Waals surface area contributed by atoms with Gasteiger partial charge in [0.05, 0.1) is 11.9 Å². The van der Waals surface area contributed by atoms with Gasteiger partial charge in [-0.05, 0) is 13.8 Å². The summed E-state index contributed by atoms with van der Waals surface area (Å²) in [7, 11) is 0. The molecule has 1 heterocycles. The van der Waals surface area contributed by atoms with Crippen LogP contribution in [0.1, 0.15) is 19.9 Å². The number of nitrogens with two attached hydrogens (primary N) is 1. The number of nitrogens with zero attached hydrogens (tertiary/aromatic N) is 2. The average molecular weight is 225 g/mol. The highest BCUT2D eigenvalue weighted by atomic mass is 16.2. The summed E-state index contributed by atoms with van der Waals surface area (Å²) in [6.45, 7) is 3.85. The van der Waals surface area contributed by atoms with Gasteiger partial charge in [-0.1, -0.05) is 0 Å². The number of carbonyl (C=O) groups is 2. The fourth-order valence-electron chi connectivity index (χ4n) is 1.11. The number of aromatic nitrogens is 2. The lowest BCUT2D eigenvalue weighted by Crippen LogP contribution is -2.42. The van der Waals surface area contributed by atoms with Crippen molar-refractivity contribution >= 4 is 17.6 Å². The lowest BCUT2D eigenvalue weighted by atomic mass is 10.3. The first-order chi connectivity index (χ1) is 7.54. The quantitative estimate of drug-likeness (QED) is 0.666. The molecule has 0 aliphatic carbocycles. The second kappa shape index (κ2) is 5.15. The lowest BCUT2D eigenvalue weighted by Gasteiger charge is -2.11. The molecule has 0 radical (unpaired) electrons. The molecule has 88 valence electrons. The van der Waals surface area contributed by atoms with Crippen molar-refractivity contribution in [2.24, 2.45) is 0 Å². The number of nitrogen functional groups attached to an aromatic ring is 1. The Morgan fingerprint density at radius 1 is 1.62 bits per heavy atom. The van der Waals surface area contributed by atoms with Crippen LogP contribution in [0.5, 0.6) is 0 Å². The van der Waals surface area contributed by atoms with Gasteiger partial charge < -0.3 is 11.1 Å². The molecule has 0 aliphatic heterocycles. The predicted octanol–water partition coefficient (Wildman–Crippen LogP) is -0.128. The molecule has 0 aliphatic rings. The van der Waals surface area contributed by atoms with Crippen molar-refractivity contribution in [2.75, 3.05) is 12.3 Å². The third-order valence-corrected chi connectivity index (χ3v) is 1.97. The molecule has 1 rings (SSSR count). The zero-order valence-corrected chi connectivity index (χ0v) is 9.23. The first kappa shape index (κ1) is 12.0. The number of imide groups is 1. The third-order valence-electron chi connectivity index (χ3n) is 1.97. The van der Waals surface area contributed by atoms with Gasteiger partial charge in [0.2, 0.25) is 0 Å². The van der Waals surface area contributed by atoms with Crippen LogP contribution >= 0.6 is 0 Å². The zero-order valence-electron chi connectivity index (χ0n) is 9.23. The van der Waals surface area contributed by atoms with Crippen molar-refractivity contribution in [1.82, 2.24) is 20.4 Å². The van der Waals surface area contributed by atoms with E-state index in [1.165, 1.54) is 17.1 Å². The number of hydrogen-bond acceptors (Lipinski definition) is 4. The van der Waals surface area contributed by atoms with E-state index in [0.29, 0.717) is 12.2 Å². The van der Waals surface area contributed by atoms with Gasteiger partial charge in [0.15, 0.2) is 0 Å². The van der Waals surface area contributed by atoms with Crippen LogP contribution in [0.15, 0.2) is 12.4 Å². The van der Waals surface area contributed by atoms with Crippen molar-refractivity contribution in [3.63, 3.8) is 0 Å². The smallest absolute Gasteiger partial charge is 0.321 e. The van der Waals surface area contributed by atoms with Crippen LogP contribution in [0, 0.1) is 0 Å². The van der Waals surface area contributed by atoms with Crippen molar-refractivity contribution in [2.45, 2.75) is 19.9 Å². The highest BCUT2D eigenvalue weighted by Gasteiger charge is 2.17. The second-order valence-electron chi connectivity index (χ2n) is 3.28. The molecule has 0 aromatic carbocycles. The molecule has 0 fully saturated rings. The summed E-state index contributed by atoms with van der Waals surface area (Å²) >= 11 is 0. The first-order valence-electron chi connectivity index (χ1n) is 4.93. The number of anilines is 1. The van der Waals surface area contributed by atoms with E-state index in [9.17, 15) is 9.59 Å². The minimum Gasteiger partial charge on any atom is -0.396 e. The number of carbonyl (C=O) groups excluding carboxylic acids is 2. The Hall–Kier alpha value is -2.05. The van der Waals surface area contributed by atoms with Gasteiger partial charge in [0.1, 0.15) is 6.04 Å². The van der Waals surface area contributed by atoms with Crippen molar-refractivity contribution < 1.29 is 9.59 Å². The molecule has 4 N–H and O–H groups in total. The van der Waals surface area contributed by atoms with Crippen molar-refractivity contribution in [3.05, 3.63) is 12.4 Å². The maximum absolute atomic E-state index is 11.6. The minimum absolute atomic E-state index is 0.436. The molecule has 1 aromatic rings. The standard InChI is InChI=1S/C9H15N5O2/c1-3-11-9(16)13-8(15)6(2)14-5-7(10)4-12-14/h4-6H,3,10H2,1-2H3,(H2,11,13,15,16). The first-order valence-corrected chi connectivity index (χ1v) is 4.93. The van der Waals surface area contributed by atoms with Gasteiger partial charge in [-0.2, -0.15) is 5.10 Å². The van der Waals surface area contributed by atoms with E-state index < -0.39 is 18.0 Å². The van der Waals surface area contributed by atoms with Crippen LogP contribution in [0.25, 0.3) is 0 Å². The van der Waals surface area contributed by atoms with E-state index in [1.54, 1.807) is 13.8 Å². The molecule has 0 saturated heterocycles. The number of urea groups is 1. The zero-order chi connectivity index (χ0) is 12.1. The van der Waals surface area contributed by atoms with E-state index in [0.717, 1.165) is 0 Å². The molecule has 7 heteroatoms. The summed E-state index contributed by atoms with van der Waals surface area (Å²) in [5, 5.41) is 8.55. The Bertz CT molecular complexity index is 387. The minimum atomic E-state index is -0.583. The number of amides is 3. The SMILES string of the molecule is CCNC(=O)NC(=O)C(C)n1cc(N)cn1. The summed E-state index contributed by atoms with van der Waals surface area (Å²) in [5.41, 5.74) is 5.94. The third kappa shape index (κ3) is 2.97. The van der Waals surface area contributed by atoms with Gasteiger partial charge in [-0.15, -0.1) is 0 Å². The Morgan fingerprint density at radius 2 is 2.31 bits per heavy atom. The molecular formula is C9H15N5O2. The summed E-state index contributed by atoms with van der Waals surface area (Å²) < 4.78 is 1.39. The number of rotatable bonds is 3. The Balaban J connectivity index is 2.57. The van der Waals surface area contributed by atoms with Crippen LogP contribution in [0.3, 0.4) is 0 Å².